The molecule has 24 heavy (non-hydrogen) atoms. The number of nitrogens with zero attached hydrogens (tertiary/aromatic N) is 1. The molecule has 5 nitrogen and oxygen atoms in total. The zero-order chi connectivity index (χ0) is 18.1. The third-order valence-corrected chi connectivity index (χ3v) is 3.77. The predicted molar refractivity (Wildman–Crippen MR) is 96.3 cm³/mol. The second kappa shape index (κ2) is 10.1. The summed E-state index contributed by atoms with van der Waals surface area (Å²) in [5, 5.41) is 2.83. The molecule has 0 radical (unpaired) electrons. The summed E-state index contributed by atoms with van der Waals surface area (Å²) in [7, 11) is 3.91. The minimum Gasteiger partial charge on any atom is -0.426 e. The average molecular weight is 334 g/mol. The van der Waals surface area contributed by atoms with E-state index in [0.717, 1.165) is 17.7 Å². The lowest BCUT2D eigenvalue weighted by molar-refractivity contribution is -0.134. The third-order valence-electron chi connectivity index (χ3n) is 3.77. The minimum absolute atomic E-state index is 0.0253. The second-order valence-electron chi connectivity index (χ2n) is 6.66. The van der Waals surface area contributed by atoms with Gasteiger partial charge in [0.05, 0.1) is 0 Å². The molecule has 0 fully saturated rings. The molecule has 0 saturated heterocycles. The lowest BCUT2D eigenvalue weighted by Gasteiger charge is -2.12. The molecule has 1 N–H and O–H groups in total. The first kappa shape index (κ1) is 20.2. The van der Waals surface area contributed by atoms with Gasteiger partial charge in [-0.1, -0.05) is 26.0 Å². The van der Waals surface area contributed by atoms with E-state index in [2.05, 4.69) is 25.2 Å². The lowest BCUT2D eigenvalue weighted by Crippen LogP contribution is -2.31. The highest BCUT2D eigenvalue weighted by atomic mass is 16.5. The Kier molecular flexibility index (Phi) is 8.47. The molecule has 0 unspecified atom stereocenters. The molecule has 0 aliphatic carbocycles. The molecular weight excluding hydrogens is 304 g/mol. The summed E-state index contributed by atoms with van der Waals surface area (Å²) in [6.45, 7) is 7.55. The van der Waals surface area contributed by atoms with Crippen molar-refractivity contribution in [1.82, 2.24) is 10.2 Å². The van der Waals surface area contributed by atoms with Gasteiger partial charge in [-0.3, -0.25) is 9.59 Å². The van der Waals surface area contributed by atoms with E-state index in [1.54, 1.807) is 0 Å². The number of hydrogen-bond acceptors (Lipinski definition) is 4. The van der Waals surface area contributed by atoms with Gasteiger partial charge in [-0.05, 0) is 50.6 Å². The highest BCUT2D eigenvalue weighted by Gasteiger charge is 2.11. The molecule has 1 aromatic carbocycles. The summed E-state index contributed by atoms with van der Waals surface area (Å²) in [5.74, 6) is 0.679. The van der Waals surface area contributed by atoms with E-state index in [1.165, 1.54) is 0 Å². The molecule has 0 aliphatic rings. The van der Waals surface area contributed by atoms with Crippen molar-refractivity contribution in [3.8, 4) is 5.75 Å². The molecule has 5 heteroatoms. The Bertz CT molecular complexity index is 554. The number of likely N-dealkylation sites (N-methyl/N-ethyl adjacent to an activating group) is 1. The molecule has 134 valence electrons. The van der Waals surface area contributed by atoms with E-state index in [0.29, 0.717) is 31.1 Å². The normalized spacial score (nSPS) is 11.0. The second-order valence-corrected chi connectivity index (χ2v) is 6.66. The van der Waals surface area contributed by atoms with Gasteiger partial charge in [0.2, 0.25) is 5.91 Å². The number of amides is 1. The Hall–Kier alpha value is -1.88. The van der Waals surface area contributed by atoms with Crippen LogP contribution in [0.1, 0.15) is 50.2 Å². The molecule has 0 bridgehead atoms. The summed E-state index contributed by atoms with van der Waals surface area (Å²) in [4.78, 5) is 25.6. The first-order chi connectivity index (χ1) is 11.3. The van der Waals surface area contributed by atoms with E-state index in [4.69, 9.17) is 4.74 Å². The van der Waals surface area contributed by atoms with Crippen LogP contribution in [0.4, 0.5) is 0 Å². The van der Waals surface area contributed by atoms with Crippen molar-refractivity contribution < 1.29 is 14.3 Å². The van der Waals surface area contributed by atoms with Gasteiger partial charge in [0, 0.05) is 25.9 Å². The Balaban J connectivity index is 2.36. The molecule has 1 amide bonds. The predicted octanol–water partition coefficient (Wildman–Crippen LogP) is 2.87. The molecule has 1 rings (SSSR count). The van der Waals surface area contributed by atoms with Crippen LogP contribution < -0.4 is 10.1 Å². The maximum Gasteiger partial charge on any atom is 0.311 e. The Morgan fingerprint density at radius 3 is 2.54 bits per heavy atom. The fraction of sp³-hybridized carbons (Fsp3) is 0.579. The molecule has 1 aromatic rings. The van der Waals surface area contributed by atoms with Crippen LogP contribution in [0, 0.1) is 6.92 Å². The first-order valence-corrected chi connectivity index (χ1v) is 8.52. The number of ether oxygens (including phenoxy) is 1. The maximum absolute atomic E-state index is 12.0. The largest absolute Gasteiger partial charge is 0.426 e. The van der Waals surface area contributed by atoms with Crippen molar-refractivity contribution in [3.05, 3.63) is 29.3 Å². The molecule has 0 heterocycles. The number of carbonyl (C=O) groups is 2. The summed E-state index contributed by atoms with van der Waals surface area (Å²) < 4.78 is 5.45. The van der Waals surface area contributed by atoms with Crippen molar-refractivity contribution in [2.45, 2.75) is 46.0 Å². The molecule has 0 atom stereocenters. The molecular formula is C19H30N2O3. The van der Waals surface area contributed by atoms with Crippen LogP contribution in [0.2, 0.25) is 0 Å². The van der Waals surface area contributed by atoms with E-state index in [9.17, 15) is 9.59 Å². The smallest absolute Gasteiger partial charge is 0.311 e. The summed E-state index contributed by atoms with van der Waals surface area (Å²) in [6.07, 6.45) is 1.08. The monoisotopic (exact) mass is 334 g/mol. The van der Waals surface area contributed by atoms with Gasteiger partial charge in [-0.15, -0.1) is 0 Å². The van der Waals surface area contributed by atoms with E-state index >= 15 is 0 Å². The van der Waals surface area contributed by atoms with E-state index in [1.807, 2.05) is 38.1 Å². The summed E-state index contributed by atoms with van der Waals surface area (Å²) >= 11 is 0. The summed E-state index contributed by atoms with van der Waals surface area (Å²) in [6, 6.07) is 5.94. The zero-order valence-corrected chi connectivity index (χ0v) is 15.5. The van der Waals surface area contributed by atoms with Crippen LogP contribution in [0.3, 0.4) is 0 Å². The number of hydrogen-bond donors (Lipinski definition) is 1. The van der Waals surface area contributed by atoms with Gasteiger partial charge in [-0.25, -0.2) is 0 Å². The fourth-order valence-corrected chi connectivity index (χ4v) is 2.16. The standard InChI is InChI=1S/C19H30N2O3/c1-14(2)16-10-9-15(3)17(13-16)24-19(23)8-6-7-18(22)20-11-12-21(4)5/h9-10,13-14H,6-8,11-12H2,1-5H3,(H,20,22). The Labute approximate surface area is 145 Å². The molecule has 0 aliphatic heterocycles. The lowest BCUT2D eigenvalue weighted by atomic mass is 10.0. The van der Waals surface area contributed by atoms with E-state index in [-0.39, 0.29) is 18.3 Å². The first-order valence-electron chi connectivity index (χ1n) is 8.52. The van der Waals surface area contributed by atoms with Crippen LogP contribution in [-0.2, 0) is 9.59 Å². The fourth-order valence-electron chi connectivity index (χ4n) is 2.16. The van der Waals surface area contributed by atoms with Gasteiger partial charge in [-0.2, -0.15) is 0 Å². The van der Waals surface area contributed by atoms with Crippen molar-refractivity contribution in [2.24, 2.45) is 0 Å². The zero-order valence-electron chi connectivity index (χ0n) is 15.5. The minimum atomic E-state index is -0.292. The van der Waals surface area contributed by atoms with Crippen LogP contribution in [0.15, 0.2) is 18.2 Å². The van der Waals surface area contributed by atoms with Crippen LogP contribution >= 0.6 is 0 Å². The van der Waals surface area contributed by atoms with Crippen LogP contribution in [0.5, 0.6) is 5.75 Å². The average Bonchev–Trinajstić information content (AvgIpc) is 2.48. The van der Waals surface area contributed by atoms with Gasteiger partial charge >= 0.3 is 5.97 Å². The molecule has 0 aromatic heterocycles. The van der Waals surface area contributed by atoms with Gasteiger partial charge in [0.1, 0.15) is 5.75 Å². The van der Waals surface area contributed by atoms with Gasteiger partial charge in [0.25, 0.3) is 0 Å². The SMILES string of the molecule is Cc1ccc(C(C)C)cc1OC(=O)CCCC(=O)NCCN(C)C. The van der Waals surface area contributed by atoms with Crippen molar-refractivity contribution in [2.75, 3.05) is 27.2 Å². The number of rotatable bonds is 9. The molecule has 0 saturated carbocycles. The van der Waals surface area contributed by atoms with Crippen molar-refractivity contribution >= 4 is 11.9 Å². The Morgan fingerprint density at radius 1 is 1.21 bits per heavy atom. The van der Waals surface area contributed by atoms with Crippen LogP contribution in [0.25, 0.3) is 0 Å². The van der Waals surface area contributed by atoms with E-state index < -0.39 is 0 Å². The summed E-state index contributed by atoms with van der Waals surface area (Å²) in [5.41, 5.74) is 2.08. The highest BCUT2D eigenvalue weighted by Crippen LogP contribution is 2.24. The Morgan fingerprint density at radius 2 is 1.92 bits per heavy atom. The quantitative estimate of drug-likeness (QED) is 0.557. The van der Waals surface area contributed by atoms with Crippen molar-refractivity contribution in [1.29, 1.82) is 0 Å². The number of carbonyl (C=O) groups excluding carboxylic acids is 2. The van der Waals surface area contributed by atoms with Gasteiger partial charge < -0.3 is 15.0 Å². The number of benzene rings is 1. The van der Waals surface area contributed by atoms with Crippen molar-refractivity contribution in [3.63, 3.8) is 0 Å². The topological polar surface area (TPSA) is 58.6 Å². The number of esters is 1. The van der Waals surface area contributed by atoms with Crippen LogP contribution in [-0.4, -0.2) is 44.0 Å². The number of nitrogens with one attached hydrogen (secondary N) is 1. The maximum atomic E-state index is 12.0. The number of aryl methyl sites for hydroxylation is 1. The highest BCUT2D eigenvalue weighted by molar-refractivity contribution is 5.77. The molecule has 0 spiro atoms. The third kappa shape index (κ3) is 7.59. The van der Waals surface area contributed by atoms with Gasteiger partial charge in [0.15, 0.2) is 0 Å².